The van der Waals surface area contributed by atoms with E-state index in [9.17, 15) is 0 Å². The van der Waals surface area contributed by atoms with Gasteiger partial charge in [0.1, 0.15) is 19.0 Å². The monoisotopic (exact) mass is 259 g/mol. The van der Waals surface area contributed by atoms with E-state index in [0.29, 0.717) is 19.8 Å². The van der Waals surface area contributed by atoms with Gasteiger partial charge in [-0.2, -0.15) is 0 Å². The average Bonchev–Trinajstić information content (AvgIpc) is 2.79. The zero-order valence-corrected chi connectivity index (χ0v) is 10.9. The molecule has 0 unspecified atom stereocenters. The Balaban J connectivity index is 1.97. The van der Waals surface area contributed by atoms with Crippen LogP contribution in [0.1, 0.15) is 11.5 Å². The molecule has 1 aliphatic rings. The Labute approximate surface area is 111 Å². The minimum absolute atomic E-state index is 0.591. The molecular formula is C14H17N3O2. The summed E-state index contributed by atoms with van der Waals surface area (Å²) in [4.78, 5) is 7.85. The molecule has 19 heavy (non-hydrogen) atoms. The number of hydrogen-bond acceptors (Lipinski definition) is 4. The van der Waals surface area contributed by atoms with Gasteiger partial charge >= 0.3 is 0 Å². The number of nitrogens with two attached hydrogens (primary N) is 1. The summed E-state index contributed by atoms with van der Waals surface area (Å²) in [6.45, 7) is 3.80. The lowest BCUT2D eigenvalue weighted by atomic mass is 10.1. The fourth-order valence-electron chi connectivity index (χ4n) is 2.25. The number of hydrogen-bond donors (Lipinski definition) is 2. The highest BCUT2D eigenvalue weighted by atomic mass is 16.6. The Bertz CT molecular complexity index is 592. The number of ether oxygens (including phenoxy) is 2. The van der Waals surface area contributed by atoms with Crippen molar-refractivity contribution in [3.05, 3.63) is 29.7 Å². The number of aromatic nitrogens is 2. The lowest BCUT2D eigenvalue weighted by molar-refractivity contribution is 0.171. The van der Waals surface area contributed by atoms with E-state index < -0.39 is 0 Å². The Kier molecular flexibility index (Phi) is 3.13. The van der Waals surface area contributed by atoms with Crippen LogP contribution in [-0.2, 0) is 6.42 Å². The number of fused-ring (bicyclic) bond motifs is 1. The van der Waals surface area contributed by atoms with Crippen molar-refractivity contribution in [1.29, 1.82) is 0 Å². The van der Waals surface area contributed by atoms with Crippen LogP contribution in [0.2, 0.25) is 0 Å². The summed E-state index contributed by atoms with van der Waals surface area (Å²) in [6, 6.07) is 5.91. The molecule has 1 aliphatic heterocycles. The van der Waals surface area contributed by atoms with E-state index in [1.54, 1.807) is 0 Å². The van der Waals surface area contributed by atoms with Crippen LogP contribution >= 0.6 is 0 Å². The van der Waals surface area contributed by atoms with E-state index in [4.69, 9.17) is 15.2 Å². The maximum absolute atomic E-state index is 5.60. The molecule has 1 aromatic carbocycles. The fourth-order valence-corrected chi connectivity index (χ4v) is 2.25. The zero-order valence-electron chi connectivity index (χ0n) is 10.9. The SMILES string of the molecule is Cc1[nH]c(CCN)nc1-c1ccc2c(c1)OCCO2. The highest BCUT2D eigenvalue weighted by Crippen LogP contribution is 2.34. The first-order chi connectivity index (χ1) is 9.28. The number of aryl methyl sites for hydroxylation is 1. The van der Waals surface area contributed by atoms with Crippen molar-refractivity contribution in [3.63, 3.8) is 0 Å². The lowest BCUT2D eigenvalue weighted by Crippen LogP contribution is -2.15. The van der Waals surface area contributed by atoms with Crippen molar-refractivity contribution in [3.8, 4) is 22.8 Å². The molecule has 0 spiro atoms. The number of H-pyrrole nitrogens is 1. The van der Waals surface area contributed by atoms with Crippen molar-refractivity contribution in [2.24, 2.45) is 5.73 Å². The van der Waals surface area contributed by atoms with Gasteiger partial charge in [0.25, 0.3) is 0 Å². The van der Waals surface area contributed by atoms with Crippen molar-refractivity contribution < 1.29 is 9.47 Å². The Morgan fingerprint density at radius 2 is 2.05 bits per heavy atom. The third kappa shape index (κ3) is 2.29. The Hall–Kier alpha value is -2.01. The van der Waals surface area contributed by atoms with Gasteiger partial charge < -0.3 is 20.2 Å². The predicted octanol–water partition coefficient (Wildman–Crippen LogP) is 1.66. The molecular weight excluding hydrogens is 242 g/mol. The van der Waals surface area contributed by atoms with Crippen LogP contribution in [0.15, 0.2) is 18.2 Å². The van der Waals surface area contributed by atoms with Gasteiger partial charge in [-0.25, -0.2) is 4.98 Å². The number of rotatable bonds is 3. The fraction of sp³-hybridized carbons (Fsp3) is 0.357. The van der Waals surface area contributed by atoms with Gasteiger partial charge in [0.2, 0.25) is 0 Å². The summed E-state index contributed by atoms with van der Waals surface area (Å²) in [6.07, 6.45) is 0.755. The quantitative estimate of drug-likeness (QED) is 0.879. The first-order valence-corrected chi connectivity index (χ1v) is 6.43. The number of nitrogens with zero attached hydrogens (tertiary/aromatic N) is 1. The summed E-state index contributed by atoms with van der Waals surface area (Å²) in [5.41, 5.74) is 8.57. The van der Waals surface area contributed by atoms with Crippen LogP contribution < -0.4 is 15.2 Å². The first-order valence-electron chi connectivity index (χ1n) is 6.43. The van der Waals surface area contributed by atoms with Gasteiger partial charge in [-0.05, 0) is 31.7 Å². The molecule has 2 heterocycles. The molecule has 0 fully saturated rings. The topological polar surface area (TPSA) is 73.2 Å². The summed E-state index contributed by atoms with van der Waals surface area (Å²) in [5, 5.41) is 0. The van der Waals surface area contributed by atoms with E-state index in [0.717, 1.165) is 40.7 Å². The van der Waals surface area contributed by atoms with E-state index in [2.05, 4.69) is 9.97 Å². The van der Waals surface area contributed by atoms with Crippen LogP contribution in [0.5, 0.6) is 11.5 Å². The second kappa shape index (κ2) is 4.93. The highest BCUT2D eigenvalue weighted by molar-refractivity contribution is 5.66. The van der Waals surface area contributed by atoms with Crippen LogP contribution in [0.3, 0.4) is 0 Å². The van der Waals surface area contributed by atoms with Crippen LogP contribution in [-0.4, -0.2) is 29.7 Å². The Morgan fingerprint density at radius 1 is 1.26 bits per heavy atom. The molecule has 0 amide bonds. The normalized spacial score (nSPS) is 13.6. The molecule has 0 radical (unpaired) electrons. The Morgan fingerprint density at radius 3 is 2.84 bits per heavy atom. The van der Waals surface area contributed by atoms with Crippen LogP contribution in [0.4, 0.5) is 0 Å². The minimum atomic E-state index is 0.591. The number of imidazole rings is 1. The molecule has 100 valence electrons. The minimum Gasteiger partial charge on any atom is -0.486 e. The molecule has 5 heteroatoms. The average molecular weight is 259 g/mol. The first kappa shape index (κ1) is 12.0. The number of nitrogens with one attached hydrogen (secondary N) is 1. The molecule has 0 bridgehead atoms. The summed E-state index contributed by atoms with van der Waals surface area (Å²) < 4.78 is 11.1. The standard InChI is InChI=1S/C14H17N3O2/c1-9-14(17-13(16-9)4-5-15)10-2-3-11-12(8-10)19-7-6-18-11/h2-3,8H,4-7,15H2,1H3,(H,16,17). The van der Waals surface area contributed by atoms with Crippen molar-refractivity contribution >= 4 is 0 Å². The van der Waals surface area contributed by atoms with Gasteiger partial charge in [0, 0.05) is 17.7 Å². The molecule has 0 saturated carbocycles. The van der Waals surface area contributed by atoms with Gasteiger partial charge in [0.15, 0.2) is 11.5 Å². The van der Waals surface area contributed by atoms with Gasteiger partial charge in [-0.3, -0.25) is 0 Å². The summed E-state index contributed by atoms with van der Waals surface area (Å²) in [5.74, 6) is 2.50. The summed E-state index contributed by atoms with van der Waals surface area (Å²) >= 11 is 0. The molecule has 3 N–H and O–H groups in total. The second-order valence-corrected chi connectivity index (χ2v) is 4.55. The molecule has 0 aliphatic carbocycles. The van der Waals surface area contributed by atoms with E-state index in [-0.39, 0.29) is 0 Å². The van der Waals surface area contributed by atoms with Crippen molar-refractivity contribution in [2.45, 2.75) is 13.3 Å². The number of aromatic amines is 1. The summed E-state index contributed by atoms with van der Waals surface area (Å²) in [7, 11) is 0. The molecule has 0 atom stereocenters. The molecule has 0 saturated heterocycles. The second-order valence-electron chi connectivity index (χ2n) is 4.55. The third-order valence-electron chi connectivity index (χ3n) is 3.13. The van der Waals surface area contributed by atoms with Gasteiger partial charge in [-0.1, -0.05) is 0 Å². The van der Waals surface area contributed by atoms with Gasteiger partial charge in [0.05, 0.1) is 5.69 Å². The highest BCUT2D eigenvalue weighted by Gasteiger charge is 2.15. The smallest absolute Gasteiger partial charge is 0.162 e. The molecule has 3 rings (SSSR count). The van der Waals surface area contributed by atoms with E-state index in [1.807, 2.05) is 25.1 Å². The van der Waals surface area contributed by atoms with E-state index >= 15 is 0 Å². The van der Waals surface area contributed by atoms with Crippen molar-refractivity contribution in [1.82, 2.24) is 9.97 Å². The van der Waals surface area contributed by atoms with Gasteiger partial charge in [-0.15, -0.1) is 0 Å². The van der Waals surface area contributed by atoms with Crippen LogP contribution in [0.25, 0.3) is 11.3 Å². The predicted molar refractivity (Wildman–Crippen MR) is 72.5 cm³/mol. The van der Waals surface area contributed by atoms with Crippen molar-refractivity contribution in [2.75, 3.05) is 19.8 Å². The molecule has 2 aromatic rings. The largest absolute Gasteiger partial charge is 0.486 e. The number of benzene rings is 1. The maximum atomic E-state index is 5.60. The molecule has 1 aromatic heterocycles. The van der Waals surface area contributed by atoms with Crippen LogP contribution in [0, 0.1) is 6.92 Å². The maximum Gasteiger partial charge on any atom is 0.162 e. The third-order valence-corrected chi connectivity index (χ3v) is 3.13. The molecule has 5 nitrogen and oxygen atoms in total. The lowest BCUT2D eigenvalue weighted by Gasteiger charge is -2.18. The zero-order chi connectivity index (χ0) is 13.2. The van der Waals surface area contributed by atoms with E-state index in [1.165, 1.54) is 0 Å².